The lowest BCUT2D eigenvalue weighted by Gasteiger charge is -2.19. The molecule has 0 bridgehead atoms. The maximum absolute atomic E-state index is 5.51. The molecular formula is C12H20N2OS. The van der Waals surface area contributed by atoms with E-state index in [4.69, 9.17) is 4.42 Å². The van der Waals surface area contributed by atoms with Crippen molar-refractivity contribution < 1.29 is 4.42 Å². The van der Waals surface area contributed by atoms with Crippen LogP contribution in [0.25, 0.3) is 0 Å². The largest absolute Gasteiger partial charge is 0.449 e. The highest BCUT2D eigenvalue weighted by atomic mass is 32.2. The lowest BCUT2D eigenvalue weighted by molar-refractivity contribution is 0.481. The molecule has 2 rings (SSSR count). The van der Waals surface area contributed by atoms with Crippen LogP contribution in [0.4, 0.5) is 0 Å². The van der Waals surface area contributed by atoms with Gasteiger partial charge < -0.3 is 9.73 Å². The molecule has 0 spiro atoms. The van der Waals surface area contributed by atoms with Crippen LogP contribution in [0.15, 0.2) is 10.7 Å². The number of thioether (sulfide) groups is 1. The van der Waals surface area contributed by atoms with Crippen LogP contribution in [0, 0.1) is 0 Å². The summed E-state index contributed by atoms with van der Waals surface area (Å²) in [5.41, 5.74) is 1.07. The second-order valence-corrected chi connectivity index (χ2v) is 5.69. The monoisotopic (exact) mass is 240 g/mol. The van der Waals surface area contributed by atoms with E-state index in [1.165, 1.54) is 25.0 Å². The minimum atomic E-state index is 0.726. The van der Waals surface area contributed by atoms with Gasteiger partial charge in [-0.25, -0.2) is 4.98 Å². The van der Waals surface area contributed by atoms with Crippen LogP contribution in [-0.2, 0) is 12.8 Å². The van der Waals surface area contributed by atoms with Gasteiger partial charge in [0.2, 0.25) is 0 Å². The first-order valence-corrected chi connectivity index (χ1v) is 7.13. The molecule has 0 aliphatic carbocycles. The van der Waals surface area contributed by atoms with Crippen molar-refractivity contribution in [1.82, 2.24) is 10.3 Å². The first-order valence-electron chi connectivity index (χ1n) is 6.08. The molecule has 0 radical (unpaired) electrons. The maximum Gasteiger partial charge on any atom is 0.195 e. The Balaban J connectivity index is 1.81. The van der Waals surface area contributed by atoms with Gasteiger partial charge in [0, 0.05) is 24.6 Å². The number of oxazole rings is 1. The highest BCUT2D eigenvalue weighted by Crippen LogP contribution is 2.27. The first kappa shape index (κ1) is 12.0. The quantitative estimate of drug-likeness (QED) is 0.857. The van der Waals surface area contributed by atoms with Gasteiger partial charge in [-0.1, -0.05) is 6.42 Å². The minimum Gasteiger partial charge on any atom is -0.449 e. The average molecular weight is 240 g/mol. The molecular weight excluding hydrogens is 220 g/mol. The van der Waals surface area contributed by atoms with E-state index >= 15 is 0 Å². The fraction of sp³-hybridized carbons (Fsp3) is 0.750. The summed E-state index contributed by atoms with van der Waals surface area (Å²) >= 11 is 2.07. The molecule has 16 heavy (non-hydrogen) atoms. The van der Waals surface area contributed by atoms with Crippen LogP contribution in [0.5, 0.6) is 0 Å². The van der Waals surface area contributed by atoms with Gasteiger partial charge in [0.25, 0.3) is 0 Å². The lowest BCUT2D eigenvalue weighted by Crippen LogP contribution is -2.13. The Hall–Kier alpha value is -0.480. The van der Waals surface area contributed by atoms with Gasteiger partial charge in [0.15, 0.2) is 5.89 Å². The third kappa shape index (κ3) is 3.52. The van der Waals surface area contributed by atoms with Crippen molar-refractivity contribution in [2.75, 3.05) is 19.3 Å². The molecule has 90 valence electrons. The maximum atomic E-state index is 5.51. The summed E-state index contributed by atoms with van der Waals surface area (Å²) in [6.45, 7) is 0.962. The summed E-state index contributed by atoms with van der Waals surface area (Å²) in [4.78, 5) is 4.52. The third-order valence-corrected chi connectivity index (χ3v) is 4.30. The van der Waals surface area contributed by atoms with E-state index in [2.05, 4.69) is 22.1 Å². The second kappa shape index (κ2) is 6.30. The molecule has 0 saturated carbocycles. The Bertz CT molecular complexity index is 308. The molecule has 0 amide bonds. The van der Waals surface area contributed by atoms with Crippen molar-refractivity contribution in [2.45, 2.75) is 37.4 Å². The van der Waals surface area contributed by atoms with Crippen molar-refractivity contribution in [3.05, 3.63) is 17.8 Å². The Morgan fingerprint density at radius 3 is 3.25 bits per heavy atom. The number of rotatable bonds is 5. The van der Waals surface area contributed by atoms with Crippen LogP contribution in [0.3, 0.4) is 0 Å². The number of likely N-dealkylation sites (N-methyl/N-ethyl adjacent to an activating group) is 1. The molecule has 1 atom stereocenters. The molecule has 1 N–H and O–H groups in total. The zero-order valence-electron chi connectivity index (χ0n) is 9.87. The van der Waals surface area contributed by atoms with Crippen LogP contribution in [-0.4, -0.2) is 29.6 Å². The molecule has 1 saturated heterocycles. The van der Waals surface area contributed by atoms with Gasteiger partial charge in [-0.15, -0.1) is 0 Å². The fourth-order valence-electron chi connectivity index (χ4n) is 1.97. The van der Waals surface area contributed by atoms with Crippen LogP contribution in [0.2, 0.25) is 0 Å². The molecule has 2 heterocycles. The number of nitrogens with one attached hydrogen (secondary N) is 1. The summed E-state index contributed by atoms with van der Waals surface area (Å²) in [5.74, 6) is 2.23. The Morgan fingerprint density at radius 1 is 1.56 bits per heavy atom. The smallest absolute Gasteiger partial charge is 0.195 e. The van der Waals surface area contributed by atoms with E-state index in [1.807, 2.05) is 7.05 Å². The number of nitrogens with zero attached hydrogens (tertiary/aromatic N) is 1. The van der Waals surface area contributed by atoms with Crippen molar-refractivity contribution >= 4 is 11.8 Å². The standard InChI is InChI=1S/C12H20N2OS/c1-13-6-5-10-9-15-12(14-10)8-11-4-2-3-7-16-11/h9,11,13H,2-8H2,1H3. The van der Waals surface area contributed by atoms with E-state index in [-0.39, 0.29) is 0 Å². The lowest BCUT2D eigenvalue weighted by atomic mass is 10.1. The van der Waals surface area contributed by atoms with Gasteiger partial charge in [-0.3, -0.25) is 0 Å². The van der Waals surface area contributed by atoms with E-state index in [0.29, 0.717) is 0 Å². The molecule has 1 fully saturated rings. The van der Waals surface area contributed by atoms with Gasteiger partial charge in [-0.2, -0.15) is 11.8 Å². The summed E-state index contributed by atoms with van der Waals surface area (Å²) < 4.78 is 5.51. The molecule has 1 aliphatic heterocycles. The molecule has 1 aromatic rings. The van der Waals surface area contributed by atoms with Crippen molar-refractivity contribution in [3.63, 3.8) is 0 Å². The van der Waals surface area contributed by atoms with Gasteiger partial charge in [0.05, 0.1) is 5.69 Å². The molecule has 3 nitrogen and oxygen atoms in total. The van der Waals surface area contributed by atoms with Crippen LogP contribution in [0.1, 0.15) is 30.8 Å². The number of hydrogen-bond acceptors (Lipinski definition) is 4. The second-order valence-electron chi connectivity index (χ2n) is 4.28. The SMILES string of the molecule is CNCCc1coc(CC2CCCCS2)n1. The minimum absolute atomic E-state index is 0.726. The summed E-state index contributed by atoms with van der Waals surface area (Å²) in [7, 11) is 1.96. The predicted octanol–water partition coefficient (Wildman–Crippen LogP) is 2.26. The van der Waals surface area contributed by atoms with Crippen molar-refractivity contribution in [1.29, 1.82) is 0 Å². The topological polar surface area (TPSA) is 38.1 Å². The van der Waals surface area contributed by atoms with Gasteiger partial charge >= 0.3 is 0 Å². The Labute approximate surface area is 101 Å². The normalized spacial score (nSPS) is 21.2. The molecule has 1 aliphatic rings. The highest BCUT2D eigenvalue weighted by molar-refractivity contribution is 7.99. The molecule has 1 aromatic heterocycles. The summed E-state index contributed by atoms with van der Waals surface area (Å²) in [6.07, 6.45) is 7.83. The number of hydrogen-bond donors (Lipinski definition) is 1. The average Bonchev–Trinajstić information content (AvgIpc) is 2.75. The molecule has 4 heteroatoms. The highest BCUT2D eigenvalue weighted by Gasteiger charge is 2.17. The van der Waals surface area contributed by atoms with E-state index in [0.717, 1.165) is 36.2 Å². The van der Waals surface area contributed by atoms with Crippen molar-refractivity contribution in [3.8, 4) is 0 Å². The zero-order chi connectivity index (χ0) is 11.2. The molecule has 0 aromatic carbocycles. The zero-order valence-corrected chi connectivity index (χ0v) is 10.7. The Kier molecular flexibility index (Phi) is 4.72. The van der Waals surface area contributed by atoms with E-state index in [1.54, 1.807) is 6.26 Å². The van der Waals surface area contributed by atoms with Crippen LogP contribution < -0.4 is 5.32 Å². The van der Waals surface area contributed by atoms with Gasteiger partial charge in [-0.05, 0) is 25.6 Å². The third-order valence-electron chi connectivity index (χ3n) is 2.91. The Morgan fingerprint density at radius 2 is 2.50 bits per heavy atom. The van der Waals surface area contributed by atoms with E-state index in [9.17, 15) is 0 Å². The summed E-state index contributed by atoms with van der Waals surface area (Å²) in [5, 5.41) is 3.85. The molecule has 1 unspecified atom stereocenters. The predicted molar refractivity (Wildman–Crippen MR) is 67.9 cm³/mol. The first-order chi connectivity index (χ1) is 7.88. The van der Waals surface area contributed by atoms with Gasteiger partial charge in [0.1, 0.15) is 6.26 Å². The van der Waals surface area contributed by atoms with Crippen molar-refractivity contribution in [2.24, 2.45) is 0 Å². The fourth-order valence-corrected chi connectivity index (χ4v) is 3.27. The van der Waals surface area contributed by atoms with E-state index < -0.39 is 0 Å². The summed E-state index contributed by atoms with van der Waals surface area (Å²) in [6, 6.07) is 0. The number of aromatic nitrogens is 1. The van der Waals surface area contributed by atoms with Crippen LogP contribution >= 0.6 is 11.8 Å².